The molecule has 3 rings (SSSR count). The number of hydrogen-bond donors (Lipinski definition) is 2. The minimum Gasteiger partial charge on any atom is -0.452 e. The summed E-state index contributed by atoms with van der Waals surface area (Å²) >= 11 is 0. The summed E-state index contributed by atoms with van der Waals surface area (Å²) in [4.78, 5) is 36.5. The number of fused-ring (bicyclic) bond motifs is 2. The zero-order valence-corrected chi connectivity index (χ0v) is 16.0. The second kappa shape index (κ2) is 7.68. The van der Waals surface area contributed by atoms with Gasteiger partial charge in [0, 0.05) is 5.54 Å². The number of imide groups is 1. The molecule has 0 heterocycles. The summed E-state index contributed by atoms with van der Waals surface area (Å²) in [5.41, 5.74) is -0.0799. The number of carbonyl (C=O) groups is 3. The van der Waals surface area contributed by atoms with Gasteiger partial charge in [-0.05, 0) is 48.4 Å². The van der Waals surface area contributed by atoms with Gasteiger partial charge in [-0.1, -0.05) is 48.5 Å². The first kappa shape index (κ1) is 19.4. The quantitative estimate of drug-likeness (QED) is 0.537. The molecule has 6 heteroatoms. The van der Waals surface area contributed by atoms with Crippen LogP contribution in [0.4, 0.5) is 4.79 Å². The van der Waals surface area contributed by atoms with Crippen LogP contribution in [0.3, 0.4) is 0 Å². The van der Waals surface area contributed by atoms with Crippen molar-refractivity contribution in [1.29, 1.82) is 0 Å². The van der Waals surface area contributed by atoms with Gasteiger partial charge in [-0.2, -0.15) is 0 Å². The Labute approximate surface area is 162 Å². The molecule has 0 fully saturated rings. The van der Waals surface area contributed by atoms with Gasteiger partial charge in [0.1, 0.15) is 0 Å². The molecule has 28 heavy (non-hydrogen) atoms. The van der Waals surface area contributed by atoms with E-state index in [9.17, 15) is 14.4 Å². The molecule has 0 radical (unpaired) electrons. The van der Waals surface area contributed by atoms with Crippen LogP contribution in [0.25, 0.3) is 21.5 Å². The van der Waals surface area contributed by atoms with E-state index in [4.69, 9.17) is 4.74 Å². The Hall–Kier alpha value is -3.41. The van der Waals surface area contributed by atoms with Crippen LogP contribution in [0.2, 0.25) is 0 Å². The van der Waals surface area contributed by atoms with Gasteiger partial charge in [0.15, 0.2) is 6.61 Å². The minimum atomic E-state index is -0.695. The fourth-order valence-corrected chi connectivity index (χ4v) is 2.97. The van der Waals surface area contributed by atoms with Crippen LogP contribution >= 0.6 is 0 Å². The van der Waals surface area contributed by atoms with Crippen LogP contribution in [0, 0.1) is 0 Å². The first-order chi connectivity index (χ1) is 13.2. The number of urea groups is 1. The lowest BCUT2D eigenvalue weighted by Crippen LogP contribution is -2.49. The lowest BCUT2D eigenvalue weighted by atomic mass is 9.97. The van der Waals surface area contributed by atoms with Crippen molar-refractivity contribution >= 4 is 39.5 Å². The molecule has 3 amide bonds. The Morgan fingerprint density at radius 2 is 1.43 bits per heavy atom. The maximum atomic E-state index is 12.8. The number of rotatable bonds is 3. The summed E-state index contributed by atoms with van der Waals surface area (Å²) < 4.78 is 5.21. The van der Waals surface area contributed by atoms with Gasteiger partial charge in [0.2, 0.25) is 0 Å². The van der Waals surface area contributed by atoms with Crippen LogP contribution < -0.4 is 10.6 Å². The van der Waals surface area contributed by atoms with E-state index < -0.39 is 30.1 Å². The van der Waals surface area contributed by atoms with Crippen molar-refractivity contribution in [2.45, 2.75) is 26.3 Å². The van der Waals surface area contributed by atoms with Gasteiger partial charge in [-0.15, -0.1) is 0 Å². The largest absolute Gasteiger partial charge is 0.452 e. The van der Waals surface area contributed by atoms with E-state index in [1.54, 1.807) is 20.8 Å². The number of amides is 3. The van der Waals surface area contributed by atoms with Gasteiger partial charge in [0.25, 0.3) is 5.91 Å². The number of hydrogen-bond acceptors (Lipinski definition) is 4. The van der Waals surface area contributed by atoms with Gasteiger partial charge in [-0.25, -0.2) is 9.59 Å². The Bertz CT molecular complexity index is 1010. The van der Waals surface area contributed by atoms with Crippen LogP contribution in [0.1, 0.15) is 31.1 Å². The van der Waals surface area contributed by atoms with Crippen molar-refractivity contribution in [2.24, 2.45) is 0 Å². The Balaban J connectivity index is 1.80. The minimum absolute atomic E-state index is 0.403. The SMILES string of the molecule is CC(C)(C)NC(=O)NC(=O)COC(=O)c1c2ccccc2cc2ccccc12. The summed E-state index contributed by atoms with van der Waals surface area (Å²) in [5, 5.41) is 8.06. The lowest BCUT2D eigenvalue weighted by Gasteiger charge is -2.20. The summed E-state index contributed by atoms with van der Waals surface area (Å²) in [6.45, 7) is 4.84. The zero-order valence-electron chi connectivity index (χ0n) is 16.0. The highest BCUT2D eigenvalue weighted by molar-refractivity contribution is 6.16. The van der Waals surface area contributed by atoms with Crippen LogP contribution in [0.5, 0.6) is 0 Å². The Morgan fingerprint density at radius 3 is 1.96 bits per heavy atom. The maximum Gasteiger partial charge on any atom is 0.339 e. The first-order valence-corrected chi connectivity index (χ1v) is 8.94. The van der Waals surface area contributed by atoms with E-state index in [0.717, 1.165) is 21.5 Å². The molecule has 0 aromatic heterocycles. The smallest absolute Gasteiger partial charge is 0.339 e. The van der Waals surface area contributed by atoms with Crippen molar-refractivity contribution in [3.63, 3.8) is 0 Å². The number of esters is 1. The van der Waals surface area contributed by atoms with E-state index in [1.165, 1.54) is 0 Å². The molecular weight excluding hydrogens is 356 g/mol. The fraction of sp³-hybridized carbons (Fsp3) is 0.227. The molecule has 0 unspecified atom stereocenters. The third kappa shape index (κ3) is 4.46. The molecule has 6 nitrogen and oxygen atoms in total. The standard InChI is InChI=1S/C22H22N2O4/c1-22(2,3)24-21(27)23-18(25)13-28-20(26)19-16-10-6-4-8-14(16)12-15-9-5-7-11-17(15)19/h4-12H,13H2,1-3H3,(H2,23,24,25,27). The summed E-state index contributed by atoms with van der Waals surface area (Å²) in [6.07, 6.45) is 0. The van der Waals surface area contributed by atoms with Crippen molar-refractivity contribution in [3.05, 3.63) is 60.2 Å². The third-order valence-corrected chi connectivity index (χ3v) is 4.05. The van der Waals surface area contributed by atoms with Crippen LogP contribution in [-0.4, -0.2) is 30.1 Å². The van der Waals surface area contributed by atoms with Crippen molar-refractivity contribution in [3.8, 4) is 0 Å². The summed E-state index contributed by atoms with van der Waals surface area (Å²) in [5.74, 6) is -1.31. The average Bonchev–Trinajstić information content (AvgIpc) is 2.62. The van der Waals surface area contributed by atoms with Gasteiger partial charge in [0.05, 0.1) is 5.56 Å². The molecule has 0 saturated heterocycles. The molecule has 0 saturated carbocycles. The molecular formula is C22H22N2O4. The zero-order chi connectivity index (χ0) is 20.3. The predicted octanol–water partition coefficient (Wildman–Crippen LogP) is 3.77. The molecule has 0 aliphatic heterocycles. The Kier molecular flexibility index (Phi) is 5.31. The van der Waals surface area contributed by atoms with Crippen LogP contribution in [0.15, 0.2) is 54.6 Å². The van der Waals surface area contributed by atoms with Crippen molar-refractivity contribution in [1.82, 2.24) is 10.6 Å². The molecule has 3 aromatic rings. The van der Waals surface area contributed by atoms with Crippen molar-refractivity contribution < 1.29 is 19.1 Å². The topological polar surface area (TPSA) is 84.5 Å². The second-order valence-corrected chi connectivity index (χ2v) is 7.52. The monoisotopic (exact) mass is 378 g/mol. The number of carbonyl (C=O) groups excluding carboxylic acids is 3. The molecule has 0 spiro atoms. The second-order valence-electron chi connectivity index (χ2n) is 7.52. The predicted molar refractivity (Wildman–Crippen MR) is 108 cm³/mol. The van der Waals surface area contributed by atoms with Gasteiger partial charge >= 0.3 is 12.0 Å². The molecule has 0 aliphatic carbocycles. The number of nitrogens with one attached hydrogen (secondary N) is 2. The molecule has 3 aromatic carbocycles. The van der Waals surface area contributed by atoms with Gasteiger partial charge < -0.3 is 10.1 Å². The van der Waals surface area contributed by atoms with E-state index in [2.05, 4.69) is 10.6 Å². The lowest BCUT2D eigenvalue weighted by molar-refractivity contribution is -0.123. The number of ether oxygens (including phenoxy) is 1. The molecule has 144 valence electrons. The molecule has 0 bridgehead atoms. The highest BCUT2D eigenvalue weighted by Gasteiger charge is 2.19. The normalized spacial score (nSPS) is 11.2. The summed E-state index contributed by atoms with van der Waals surface area (Å²) in [7, 11) is 0. The van der Waals surface area contributed by atoms with E-state index in [0.29, 0.717) is 5.56 Å². The van der Waals surface area contributed by atoms with E-state index in [1.807, 2.05) is 54.6 Å². The van der Waals surface area contributed by atoms with E-state index in [-0.39, 0.29) is 0 Å². The van der Waals surface area contributed by atoms with Crippen molar-refractivity contribution in [2.75, 3.05) is 6.61 Å². The van der Waals surface area contributed by atoms with E-state index >= 15 is 0 Å². The molecule has 2 N–H and O–H groups in total. The first-order valence-electron chi connectivity index (χ1n) is 8.94. The number of benzene rings is 3. The molecule has 0 aliphatic rings. The average molecular weight is 378 g/mol. The summed E-state index contributed by atoms with van der Waals surface area (Å²) in [6, 6.07) is 16.4. The molecule has 0 atom stereocenters. The highest BCUT2D eigenvalue weighted by Crippen LogP contribution is 2.29. The Morgan fingerprint density at radius 1 is 0.893 bits per heavy atom. The van der Waals surface area contributed by atoms with Crippen LogP contribution in [-0.2, 0) is 9.53 Å². The maximum absolute atomic E-state index is 12.8. The highest BCUT2D eigenvalue weighted by atomic mass is 16.5. The third-order valence-electron chi connectivity index (χ3n) is 4.05. The van der Waals surface area contributed by atoms with Gasteiger partial charge in [-0.3, -0.25) is 10.1 Å². The fourth-order valence-electron chi connectivity index (χ4n) is 2.97.